The number of nitrogens with two attached hydrogens (primary N) is 1. The third-order valence-electron chi connectivity index (χ3n) is 7.12. The van der Waals surface area contributed by atoms with E-state index in [1.54, 1.807) is 11.7 Å². The largest absolute Gasteiger partial charge is 0.496 e. The molecule has 3 N–H and O–H groups in total. The maximum atomic E-state index is 13.7. The molecule has 226 valence electrons. The van der Waals surface area contributed by atoms with Gasteiger partial charge in [-0.15, -0.1) is 0 Å². The van der Waals surface area contributed by atoms with Crippen LogP contribution in [-0.4, -0.2) is 65.5 Å². The van der Waals surface area contributed by atoms with Gasteiger partial charge in [0.15, 0.2) is 5.65 Å². The molecule has 0 aliphatic rings. The van der Waals surface area contributed by atoms with Crippen LogP contribution in [0.25, 0.3) is 28.0 Å². The van der Waals surface area contributed by atoms with Gasteiger partial charge in [-0.1, -0.05) is 36.4 Å². The van der Waals surface area contributed by atoms with Crippen molar-refractivity contribution in [2.45, 2.75) is 13.1 Å². The number of methoxy groups -OCH3 is 1. The van der Waals surface area contributed by atoms with Crippen LogP contribution in [0.5, 0.6) is 5.75 Å². The van der Waals surface area contributed by atoms with Gasteiger partial charge in [0.25, 0.3) is 5.91 Å². The Kier molecular flexibility index (Phi) is 7.84. The number of carbonyl (C=O) groups excluding carboxylic acids is 2. The first-order valence-corrected chi connectivity index (χ1v) is 13.7. The van der Waals surface area contributed by atoms with Gasteiger partial charge in [-0.3, -0.25) is 4.79 Å². The number of rotatable bonds is 8. The number of nitrogen functional groups attached to an aromatic ring is 1. The van der Waals surface area contributed by atoms with Crippen molar-refractivity contribution in [3.63, 3.8) is 0 Å². The average Bonchev–Trinajstić information content (AvgIpc) is 3.74. The summed E-state index contributed by atoms with van der Waals surface area (Å²) in [7, 11) is 3.11. The van der Waals surface area contributed by atoms with Crippen LogP contribution in [-0.2, 0) is 13.1 Å². The quantitative estimate of drug-likeness (QED) is 0.263. The van der Waals surface area contributed by atoms with E-state index in [0.29, 0.717) is 23.3 Å². The predicted octanol–water partition coefficient (Wildman–Crippen LogP) is 3.83. The molecule has 2 amide bonds. The second kappa shape index (κ2) is 12.2. The monoisotopic (exact) mass is 606 g/mol. The summed E-state index contributed by atoms with van der Waals surface area (Å²) in [5.74, 6) is -0.414. The fraction of sp³-hybridized carbons (Fsp3) is 0.129. The molecule has 0 unspecified atom stereocenters. The zero-order chi connectivity index (χ0) is 31.5. The second-order valence-corrected chi connectivity index (χ2v) is 10.1. The molecule has 0 saturated heterocycles. The standard InChI is InChI=1S/C31H27FN10O3/c1-40(31(44)41-18-34-16-38-41)15-20-5-10-23(11-6-20)42-29-26(28(33)36-17-37-29)27(39-42)21-7-3-19(4-8-21)14-35-30(43)24-13-22(32)9-12-25(24)45-2/h3-13,16-18H,14-15H2,1-2H3,(H,35,43)(H2,33,36,37). The van der Waals surface area contributed by atoms with Crippen molar-refractivity contribution in [1.82, 2.24) is 44.7 Å². The van der Waals surface area contributed by atoms with Crippen molar-refractivity contribution in [3.05, 3.63) is 108 Å². The minimum absolute atomic E-state index is 0.113. The maximum absolute atomic E-state index is 13.7. The molecule has 6 rings (SSSR count). The molecule has 14 heteroatoms. The summed E-state index contributed by atoms with van der Waals surface area (Å²) in [5.41, 5.74) is 10.8. The predicted molar refractivity (Wildman–Crippen MR) is 163 cm³/mol. The Morgan fingerprint density at radius 3 is 2.47 bits per heavy atom. The third kappa shape index (κ3) is 5.88. The Hall–Kier alpha value is -6.18. The van der Waals surface area contributed by atoms with E-state index in [4.69, 9.17) is 15.6 Å². The number of hydrogen-bond donors (Lipinski definition) is 2. The Morgan fingerprint density at radius 1 is 1.00 bits per heavy atom. The zero-order valence-electron chi connectivity index (χ0n) is 24.3. The van der Waals surface area contributed by atoms with E-state index >= 15 is 0 Å². The normalized spacial score (nSPS) is 11.0. The lowest BCUT2D eigenvalue weighted by Gasteiger charge is -2.16. The summed E-state index contributed by atoms with van der Waals surface area (Å²) in [4.78, 5) is 39.2. The highest BCUT2D eigenvalue weighted by atomic mass is 19.1. The molecular weight excluding hydrogens is 579 g/mol. The first kappa shape index (κ1) is 28.9. The van der Waals surface area contributed by atoms with Crippen LogP contribution in [0.3, 0.4) is 0 Å². The lowest BCUT2D eigenvalue weighted by Crippen LogP contribution is -2.30. The highest BCUT2D eigenvalue weighted by Gasteiger charge is 2.19. The number of amides is 2. The number of hydrogen-bond acceptors (Lipinski definition) is 9. The van der Waals surface area contributed by atoms with Crippen LogP contribution in [0, 0.1) is 5.82 Å². The summed E-state index contributed by atoms with van der Waals surface area (Å²) in [6, 6.07) is 18.5. The number of fused-ring (bicyclic) bond motifs is 1. The van der Waals surface area contributed by atoms with Gasteiger partial charge in [0, 0.05) is 25.7 Å². The first-order chi connectivity index (χ1) is 21.8. The summed E-state index contributed by atoms with van der Waals surface area (Å²) in [6.45, 7) is 0.576. The van der Waals surface area contributed by atoms with Crippen LogP contribution < -0.4 is 15.8 Å². The summed E-state index contributed by atoms with van der Waals surface area (Å²) in [5, 5.41) is 12.1. The van der Waals surface area contributed by atoms with Crippen molar-refractivity contribution < 1.29 is 18.7 Å². The van der Waals surface area contributed by atoms with E-state index in [1.807, 2.05) is 48.5 Å². The molecule has 0 spiro atoms. The fourth-order valence-electron chi connectivity index (χ4n) is 4.84. The lowest BCUT2D eigenvalue weighted by atomic mass is 10.1. The summed E-state index contributed by atoms with van der Waals surface area (Å²) in [6.07, 6.45) is 4.05. The highest BCUT2D eigenvalue weighted by molar-refractivity contribution is 5.99. The van der Waals surface area contributed by atoms with E-state index in [-0.39, 0.29) is 29.7 Å². The number of nitrogens with one attached hydrogen (secondary N) is 1. The van der Waals surface area contributed by atoms with Crippen molar-refractivity contribution in [2.75, 3.05) is 19.9 Å². The van der Waals surface area contributed by atoms with Crippen molar-refractivity contribution in [3.8, 4) is 22.7 Å². The first-order valence-electron chi connectivity index (χ1n) is 13.7. The molecule has 13 nitrogen and oxygen atoms in total. The zero-order valence-corrected chi connectivity index (χ0v) is 24.3. The number of ether oxygens (including phenoxy) is 1. The van der Waals surface area contributed by atoms with Gasteiger partial charge in [-0.2, -0.15) is 14.9 Å². The Balaban J connectivity index is 1.21. The molecule has 0 radical (unpaired) electrons. The molecule has 0 fully saturated rings. The van der Waals surface area contributed by atoms with Gasteiger partial charge in [0.05, 0.1) is 23.7 Å². The average molecular weight is 607 g/mol. The van der Waals surface area contributed by atoms with Gasteiger partial charge in [0.1, 0.15) is 42.1 Å². The second-order valence-electron chi connectivity index (χ2n) is 10.1. The number of halogens is 1. The number of nitrogens with zero attached hydrogens (tertiary/aromatic N) is 8. The molecule has 0 aliphatic heterocycles. The number of anilines is 1. The van der Waals surface area contributed by atoms with Crippen molar-refractivity contribution in [2.24, 2.45) is 0 Å². The van der Waals surface area contributed by atoms with Crippen molar-refractivity contribution in [1.29, 1.82) is 0 Å². The molecule has 3 aromatic carbocycles. The Bertz CT molecular complexity index is 1990. The highest BCUT2D eigenvalue weighted by Crippen LogP contribution is 2.32. The summed E-state index contributed by atoms with van der Waals surface area (Å²) >= 11 is 0. The van der Waals surface area contributed by atoms with Gasteiger partial charge >= 0.3 is 6.03 Å². The van der Waals surface area contributed by atoms with E-state index < -0.39 is 11.7 Å². The van der Waals surface area contributed by atoms with E-state index in [2.05, 4.69) is 25.4 Å². The Morgan fingerprint density at radius 2 is 1.76 bits per heavy atom. The van der Waals surface area contributed by atoms with Gasteiger partial charge in [-0.05, 0) is 41.5 Å². The minimum Gasteiger partial charge on any atom is -0.496 e. The molecule has 3 aromatic heterocycles. The van der Waals surface area contributed by atoms with Crippen LogP contribution in [0.15, 0.2) is 85.7 Å². The molecule has 0 saturated carbocycles. The molecule has 3 heterocycles. The smallest absolute Gasteiger partial charge is 0.346 e. The third-order valence-corrected chi connectivity index (χ3v) is 7.12. The molecular formula is C31H27FN10O3. The van der Waals surface area contributed by atoms with Crippen LogP contribution in [0.2, 0.25) is 0 Å². The SMILES string of the molecule is COc1ccc(F)cc1C(=O)NCc1ccc(-c2nn(-c3ccc(CN(C)C(=O)n4cncn4)cc3)c3ncnc(N)c23)cc1. The Labute approximate surface area is 256 Å². The van der Waals surface area contributed by atoms with Crippen molar-refractivity contribution >= 4 is 28.8 Å². The number of benzene rings is 3. The van der Waals surface area contributed by atoms with Gasteiger partial charge < -0.3 is 20.7 Å². The topological polar surface area (TPSA) is 159 Å². The minimum atomic E-state index is -0.528. The number of aromatic nitrogens is 7. The molecule has 45 heavy (non-hydrogen) atoms. The van der Waals surface area contributed by atoms with Gasteiger partial charge in [0.2, 0.25) is 0 Å². The van der Waals surface area contributed by atoms with Crippen LogP contribution in [0.4, 0.5) is 15.0 Å². The molecule has 0 aliphatic carbocycles. The molecule has 0 bridgehead atoms. The van der Waals surface area contributed by atoms with E-state index in [9.17, 15) is 14.0 Å². The van der Waals surface area contributed by atoms with Crippen LogP contribution >= 0.6 is 0 Å². The van der Waals surface area contributed by atoms with Crippen LogP contribution in [0.1, 0.15) is 21.5 Å². The van der Waals surface area contributed by atoms with Gasteiger partial charge in [-0.25, -0.2) is 28.8 Å². The van der Waals surface area contributed by atoms with E-state index in [1.165, 1.54) is 47.8 Å². The molecule has 0 atom stereocenters. The fourth-order valence-corrected chi connectivity index (χ4v) is 4.84. The lowest BCUT2D eigenvalue weighted by molar-refractivity contribution is 0.0947. The number of carbonyl (C=O) groups is 2. The molecule has 6 aromatic rings. The summed E-state index contributed by atoms with van der Waals surface area (Å²) < 4.78 is 21.8. The van der Waals surface area contributed by atoms with E-state index in [0.717, 1.165) is 28.4 Å². The maximum Gasteiger partial charge on any atom is 0.346 e.